The molecule has 0 bridgehead atoms. The van der Waals surface area contributed by atoms with Gasteiger partial charge in [0.1, 0.15) is 0 Å². The lowest BCUT2D eigenvalue weighted by atomic mass is 10.2. The number of anilines is 1. The summed E-state index contributed by atoms with van der Waals surface area (Å²) in [5.74, 6) is -0.616. The quantitative estimate of drug-likeness (QED) is 0.832. The Morgan fingerprint density at radius 3 is 2.04 bits per heavy atom. The summed E-state index contributed by atoms with van der Waals surface area (Å²) in [4.78, 5) is 25.6. The fourth-order valence-electron chi connectivity index (χ4n) is 2.21. The van der Waals surface area contributed by atoms with E-state index in [1.54, 1.807) is 56.6 Å². The van der Waals surface area contributed by atoms with Gasteiger partial charge in [-0.05, 0) is 36.4 Å². The second-order valence-corrected chi connectivity index (χ2v) is 7.94. The molecule has 0 aliphatic heterocycles. The topological polar surface area (TPSA) is 86.8 Å². The SMILES string of the molecule is CN(C)C(=O)c1ccc(NC(=O)CN(C)S(=O)(=O)c2ccccc2)cc1. The number of benzene rings is 2. The lowest BCUT2D eigenvalue weighted by molar-refractivity contribution is -0.116. The third-order valence-corrected chi connectivity index (χ3v) is 5.46. The molecule has 7 nitrogen and oxygen atoms in total. The Balaban J connectivity index is 2.01. The number of likely N-dealkylation sites (N-methyl/N-ethyl adjacent to an activating group) is 1. The summed E-state index contributed by atoms with van der Waals surface area (Å²) in [5.41, 5.74) is 0.979. The number of rotatable bonds is 6. The highest BCUT2D eigenvalue weighted by atomic mass is 32.2. The minimum Gasteiger partial charge on any atom is -0.345 e. The van der Waals surface area contributed by atoms with Crippen LogP contribution in [-0.4, -0.2) is 57.1 Å². The largest absolute Gasteiger partial charge is 0.345 e. The minimum absolute atomic E-state index is 0.127. The summed E-state index contributed by atoms with van der Waals surface area (Å²) in [6.07, 6.45) is 0. The summed E-state index contributed by atoms with van der Waals surface area (Å²) >= 11 is 0. The van der Waals surface area contributed by atoms with Crippen LogP contribution in [0.15, 0.2) is 59.5 Å². The van der Waals surface area contributed by atoms with Crippen molar-refractivity contribution in [3.05, 3.63) is 60.2 Å². The number of hydrogen-bond acceptors (Lipinski definition) is 4. The number of nitrogens with zero attached hydrogens (tertiary/aromatic N) is 2. The molecule has 26 heavy (non-hydrogen) atoms. The van der Waals surface area contributed by atoms with Gasteiger partial charge in [0.05, 0.1) is 11.4 Å². The Kier molecular flexibility index (Phi) is 6.12. The molecule has 0 aromatic heterocycles. The van der Waals surface area contributed by atoms with Gasteiger partial charge in [-0.1, -0.05) is 18.2 Å². The van der Waals surface area contributed by atoms with Crippen molar-refractivity contribution >= 4 is 27.5 Å². The first kappa shape index (κ1) is 19.6. The zero-order valence-electron chi connectivity index (χ0n) is 14.8. The summed E-state index contributed by atoms with van der Waals surface area (Å²) in [6, 6.07) is 14.3. The van der Waals surface area contributed by atoms with E-state index in [-0.39, 0.29) is 17.3 Å². The molecule has 0 saturated carbocycles. The van der Waals surface area contributed by atoms with E-state index in [2.05, 4.69) is 5.32 Å². The van der Waals surface area contributed by atoms with Crippen LogP contribution in [0.4, 0.5) is 5.69 Å². The fraction of sp³-hybridized carbons (Fsp3) is 0.222. The minimum atomic E-state index is -3.73. The Morgan fingerprint density at radius 1 is 0.923 bits per heavy atom. The highest BCUT2D eigenvalue weighted by Crippen LogP contribution is 2.14. The van der Waals surface area contributed by atoms with Crippen LogP contribution < -0.4 is 5.32 Å². The predicted molar refractivity (Wildman–Crippen MR) is 99.3 cm³/mol. The second-order valence-electron chi connectivity index (χ2n) is 5.90. The molecule has 0 heterocycles. The molecule has 1 N–H and O–H groups in total. The lowest BCUT2D eigenvalue weighted by Crippen LogP contribution is -2.34. The molecule has 2 rings (SSSR count). The average Bonchev–Trinajstić information content (AvgIpc) is 2.62. The van der Waals surface area contributed by atoms with Crippen LogP contribution in [0.1, 0.15) is 10.4 Å². The van der Waals surface area contributed by atoms with Crippen molar-refractivity contribution in [1.29, 1.82) is 0 Å². The van der Waals surface area contributed by atoms with Crippen molar-refractivity contribution in [3.63, 3.8) is 0 Å². The van der Waals surface area contributed by atoms with Crippen LogP contribution in [0.3, 0.4) is 0 Å². The van der Waals surface area contributed by atoms with Gasteiger partial charge in [-0.15, -0.1) is 0 Å². The molecular weight excluding hydrogens is 354 g/mol. The number of carbonyl (C=O) groups excluding carboxylic acids is 2. The van der Waals surface area contributed by atoms with Crippen molar-refractivity contribution in [1.82, 2.24) is 9.21 Å². The Bertz CT molecular complexity index is 878. The van der Waals surface area contributed by atoms with Crippen LogP contribution in [0.25, 0.3) is 0 Å². The van der Waals surface area contributed by atoms with Crippen LogP contribution in [0, 0.1) is 0 Å². The average molecular weight is 375 g/mol. The van der Waals surface area contributed by atoms with Gasteiger partial charge in [-0.25, -0.2) is 8.42 Å². The van der Waals surface area contributed by atoms with Crippen molar-refractivity contribution in [2.45, 2.75) is 4.90 Å². The Hall–Kier alpha value is -2.71. The number of amides is 2. The molecular formula is C18H21N3O4S. The molecule has 0 spiro atoms. The number of carbonyl (C=O) groups is 2. The van der Waals surface area contributed by atoms with E-state index in [1.807, 2.05) is 0 Å². The third kappa shape index (κ3) is 4.68. The fourth-order valence-corrected chi connectivity index (χ4v) is 3.36. The number of nitrogens with one attached hydrogen (secondary N) is 1. The first-order valence-corrected chi connectivity index (χ1v) is 9.29. The van der Waals surface area contributed by atoms with Crippen molar-refractivity contribution < 1.29 is 18.0 Å². The summed E-state index contributed by atoms with van der Waals surface area (Å²) < 4.78 is 25.8. The smallest absolute Gasteiger partial charge is 0.253 e. The van der Waals surface area contributed by atoms with Gasteiger partial charge in [0, 0.05) is 32.4 Å². The third-order valence-electron chi connectivity index (χ3n) is 3.64. The molecule has 0 atom stereocenters. The summed E-state index contributed by atoms with van der Waals surface area (Å²) in [5, 5.41) is 2.62. The normalized spacial score (nSPS) is 11.2. The van der Waals surface area contributed by atoms with E-state index >= 15 is 0 Å². The van der Waals surface area contributed by atoms with Gasteiger partial charge in [-0.3, -0.25) is 9.59 Å². The van der Waals surface area contributed by atoms with Gasteiger partial charge in [-0.2, -0.15) is 4.31 Å². The van der Waals surface area contributed by atoms with E-state index < -0.39 is 15.9 Å². The van der Waals surface area contributed by atoms with E-state index in [4.69, 9.17) is 0 Å². The monoisotopic (exact) mass is 375 g/mol. The molecule has 138 valence electrons. The van der Waals surface area contributed by atoms with Gasteiger partial charge < -0.3 is 10.2 Å². The van der Waals surface area contributed by atoms with Crippen LogP contribution in [0.5, 0.6) is 0 Å². The van der Waals surface area contributed by atoms with Crippen molar-refractivity contribution in [3.8, 4) is 0 Å². The highest BCUT2D eigenvalue weighted by Gasteiger charge is 2.22. The first-order chi connectivity index (χ1) is 12.2. The Morgan fingerprint density at radius 2 is 1.50 bits per heavy atom. The van der Waals surface area contributed by atoms with E-state index in [9.17, 15) is 18.0 Å². The number of sulfonamides is 1. The van der Waals surface area contributed by atoms with Crippen LogP contribution >= 0.6 is 0 Å². The molecule has 0 unspecified atom stereocenters. The molecule has 2 aromatic rings. The van der Waals surface area contributed by atoms with Crippen LogP contribution in [0.2, 0.25) is 0 Å². The first-order valence-electron chi connectivity index (χ1n) is 7.85. The van der Waals surface area contributed by atoms with Crippen molar-refractivity contribution in [2.75, 3.05) is 33.0 Å². The zero-order valence-corrected chi connectivity index (χ0v) is 15.7. The predicted octanol–water partition coefficient (Wildman–Crippen LogP) is 1.65. The summed E-state index contributed by atoms with van der Waals surface area (Å²) in [6.45, 7) is -0.324. The van der Waals surface area contributed by atoms with E-state index in [0.29, 0.717) is 11.3 Å². The maximum atomic E-state index is 12.4. The lowest BCUT2D eigenvalue weighted by Gasteiger charge is -2.17. The molecule has 8 heteroatoms. The maximum Gasteiger partial charge on any atom is 0.253 e. The van der Waals surface area contributed by atoms with Crippen molar-refractivity contribution in [2.24, 2.45) is 0 Å². The molecule has 0 radical (unpaired) electrons. The van der Waals surface area contributed by atoms with Crippen LogP contribution in [-0.2, 0) is 14.8 Å². The van der Waals surface area contributed by atoms with Gasteiger partial charge >= 0.3 is 0 Å². The van der Waals surface area contributed by atoms with Gasteiger partial charge in [0.2, 0.25) is 15.9 Å². The highest BCUT2D eigenvalue weighted by molar-refractivity contribution is 7.89. The standard InChI is InChI=1S/C18H21N3O4S/c1-20(2)18(23)14-9-11-15(12-10-14)19-17(22)13-21(3)26(24,25)16-7-5-4-6-8-16/h4-12H,13H2,1-3H3,(H,19,22). The molecule has 0 aliphatic carbocycles. The molecule has 2 aromatic carbocycles. The second kappa shape index (κ2) is 8.11. The molecule has 2 amide bonds. The van der Waals surface area contributed by atoms with E-state index in [0.717, 1.165) is 4.31 Å². The van der Waals surface area contributed by atoms with Gasteiger partial charge in [0.25, 0.3) is 5.91 Å². The molecule has 0 saturated heterocycles. The maximum absolute atomic E-state index is 12.4. The zero-order chi connectivity index (χ0) is 19.3. The summed E-state index contributed by atoms with van der Waals surface area (Å²) in [7, 11) is 0.924. The van der Waals surface area contributed by atoms with Gasteiger partial charge in [0.15, 0.2) is 0 Å². The Labute approximate surface area is 153 Å². The molecule has 0 fully saturated rings. The number of hydrogen-bond donors (Lipinski definition) is 1. The van der Waals surface area contributed by atoms with E-state index in [1.165, 1.54) is 24.1 Å². The molecule has 0 aliphatic rings.